The summed E-state index contributed by atoms with van der Waals surface area (Å²) in [7, 11) is -0.431. The molecule has 1 aliphatic rings. The molecule has 0 spiro atoms. The van der Waals surface area contributed by atoms with E-state index in [2.05, 4.69) is 10.3 Å². The minimum Gasteiger partial charge on any atom is -0.461 e. The van der Waals surface area contributed by atoms with Crippen molar-refractivity contribution in [2.24, 2.45) is 0 Å². The van der Waals surface area contributed by atoms with Crippen molar-refractivity contribution in [2.45, 2.75) is 71.0 Å². The van der Waals surface area contributed by atoms with Crippen LogP contribution in [0.2, 0.25) is 0 Å². The van der Waals surface area contributed by atoms with E-state index in [0.29, 0.717) is 26.1 Å². The molecule has 1 aromatic heterocycles. The highest BCUT2D eigenvalue weighted by Crippen LogP contribution is 2.36. The van der Waals surface area contributed by atoms with Crippen molar-refractivity contribution >= 4 is 18.6 Å². The Balaban J connectivity index is 1.24. The molecule has 3 rings (SSSR count). The van der Waals surface area contributed by atoms with E-state index in [1.54, 1.807) is 6.20 Å². The van der Waals surface area contributed by atoms with Crippen LogP contribution in [0.3, 0.4) is 0 Å². The third kappa shape index (κ3) is 8.40. The summed E-state index contributed by atoms with van der Waals surface area (Å²) in [5, 5.41) is 13.3. The number of hydrogen-bond donors (Lipinski definition) is 2. The second-order valence-corrected chi connectivity index (χ2v) is 9.78. The zero-order chi connectivity index (χ0) is 25.3. The third-order valence-electron chi connectivity index (χ3n) is 6.28. The molecule has 0 radical (unpaired) electrons. The Morgan fingerprint density at radius 3 is 2.49 bits per heavy atom. The summed E-state index contributed by atoms with van der Waals surface area (Å²) in [4.78, 5) is 16.3. The first kappa shape index (κ1) is 27.3. The molecule has 1 saturated heterocycles. The van der Waals surface area contributed by atoms with E-state index in [1.807, 2.05) is 70.2 Å². The largest absolute Gasteiger partial charge is 0.496 e. The molecular weight excluding hydrogens is 447 g/mol. The summed E-state index contributed by atoms with van der Waals surface area (Å²) in [6, 6.07) is 13.4. The van der Waals surface area contributed by atoms with Gasteiger partial charge in [0.15, 0.2) is 0 Å². The number of pyridine rings is 1. The molecular formula is C26H37BN2O6. The van der Waals surface area contributed by atoms with Crippen LogP contribution in [-0.4, -0.2) is 60.2 Å². The summed E-state index contributed by atoms with van der Waals surface area (Å²) >= 11 is 0. The second-order valence-electron chi connectivity index (χ2n) is 9.78. The third-order valence-corrected chi connectivity index (χ3v) is 6.28. The summed E-state index contributed by atoms with van der Waals surface area (Å²) in [5.74, 6) is -0.253. The van der Waals surface area contributed by atoms with Gasteiger partial charge in [-0.25, -0.2) is 0 Å². The average Bonchev–Trinajstić information content (AvgIpc) is 3.05. The van der Waals surface area contributed by atoms with E-state index in [-0.39, 0.29) is 36.8 Å². The van der Waals surface area contributed by atoms with E-state index in [9.17, 15) is 9.90 Å². The molecule has 2 N–H and O–H groups in total. The molecule has 0 aliphatic carbocycles. The quantitative estimate of drug-likeness (QED) is 0.254. The fourth-order valence-electron chi connectivity index (χ4n) is 3.43. The van der Waals surface area contributed by atoms with Gasteiger partial charge < -0.3 is 29.2 Å². The molecule has 0 bridgehead atoms. The van der Waals surface area contributed by atoms with E-state index in [1.165, 1.54) is 0 Å². The van der Waals surface area contributed by atoms with Crippen molar-refractivity contribution in [3.63, 3.8) is 0 Å². The number of aliphatic hydroxyl groups is 1. The number of ether oxygens (including phenoxy) is 2. The summed E-state index contributed by atoms with van der Waals surface area (Å²) in [5.41, 5.74) is 1.92. The molecule has 190 valence electrons. The molecule has 0 saturated carbocycles. The first-order valence-corrected chi connectivity index (χ1v) is 12.1. The molecule has 2 aromatic rings. The lowest BCUT2D eigenvalue weighted by atomic mass is 9.80. The van der Waals surface area contributed by atoms with Crippen LogP contribution in [0.4, 0.5) is 0 Å². The van der Waals surface area contributed by atoms with Crippen molar-refractivity contribution in [1.82, 2.24) is 10.3 Å². The van der Waals surface area contributed by atoms with Gasteiger partial charge in [-0.05, 0) is 45.7 Å². The minimum atomic E-state index is -0.649. The van der Waals surface area contributed by atoms with Gasteiger partial charge in [-0.15, -0.1) is 0 Å². The Labute approximate surface area is 208 Å². The number of carbonyl (C=O) groups excluding carboxylic acids is 1. The van der Waals surface area contributed by atoms with Crippen LogP contribution in [0.5, 0.6) is 0 Å². The molecule has 1 aliphatic heterocycles. The van der Waals surface area contributed by atoms with E-state index in [0.717, 1.165) is 16.7 Å². The number of nitrogens with one attached hydrogen (secondary N) is 1. The number of benzene rings is 1. The zero-order valence-corrected chi connectivity index (χ0v) is 21.2. The first-order chi connectivity index (χ1) is 16.7. The Morgan fingerprint density at radius 1 is 1.11 bits per heavy atom. The summed E-state index contributed by atoms with van der Waals surface area (Å²) < 4.78 is 22.8. The van der Waals surface area contributed by atoms with Gasteiger partial charge in [0, 0.05) is 37.8 Å². The highest BCUT2D eigenvalue weighted by molar-refractivity contribution is 6.62. The van der Waals surface area contributed by atoms with Crippen molar-refractivity contribution < 1.29 is 28.7 Å². The van der Waals surface area contributed by atoms with Crippen LogP contribution in [0.15, 0.2) is 48.7 Å². The van der Waals surface area contributed by atoms with Crippen LogP contribution in [0, 0.1) is 0 Å². The van der Waals surface area contributed by atoms with Gasteiger partial charge in [0.2, 0.25) is 0 Å². The molecule has 1 aromatic carbocycles. The molecule has 1 atom stereocenters. The monoisotopic (exact) mass is 484 g/mol. The number of carbonyl (C=O) groups is 1. The first-order valence-electron chi connectivity index (χ1n) is 12.1. The normalized spacial score (nSPS) is 17.3. The van der Waals surface area contributed by atoms with Crippen LogP contribution in [0.25, 0.3) is 0 Å². The number of aliphatic hydroxyl groups excluding tert-OH is 1. The maximum atomic E-state index is 11.8. The molecule has 9 heteroatoms. The Kier molecular flexibility index (Phi) is 9.83. The number of rotatable bonds is 13. The SMILES string of the molecule is CC1(C)OB(c2ccc(CNCC(O)COCCCC(=O)OCc3ccccc3)nc2)OC1(C)C. The molecule has 35 heavy (non-hydrogen) atoms. The summed E-state index contributed by atoms with van der Waals surface area (Å²) in [6.45, 7) is 9.85. The topological polar surface area (TPSA) is 99.1 Å². The van der Waals surface area contributed by atoms with Crippen molar-refractivity contribution in [3.05, 3.63) is 59.9 Å². The Hall–Kier alpha value is -2.30. The van der Waals surface area contributed by atoms with Crippen LogP contribution >= 0.6 is 0 Å². The number of hydrogen-bond acceptors (Lipinski definition) is 8. The van der Waals surface area contributed by atoms with Gasteiger partial charge in [-0.3, -0.25) is 9.78 Å². The summed E-state index contributed by atoms with van der Waals surface area (Å²) in [6.07, 6.45) is 1.95. The van der Waals surface area contributed by atoms with Crippen molar-refractivity contribution in [1.29, 1.82) is 0 Å². The van der Waals surface area contributed by atoms with Gasteiger partial charge in [-0.2, -0.15) is 0 Å². The number of aromatic nitrogens is 1. The van der Waals surface area contributed by atoms with E-state index >= 15 is 0 Å². The van der Waals surface area contributed by atoms with Gasteiger partial charge in [0.1, 0.15) is 6.61 Å². The highest BCUT2D eigenvalue weighted by atomic mass is 16.7. The Morgan fingerprint density at radius 2 is 1.83 bits per heavy atom. The number of esters is 1. The average molecular weight is 484 g/mol. The predicted octanol–water partition coefficient (Wildman–Crippen LogP) is 2.37. The molecule has 0 amide bonds. The van der Waals surface area contributed by atoms with Crippen LogP contribution < -0.4 is 10.8 Å². The van der Waals surface area contributed by atoms with E-state index < -0.39 is 13.2 Å². The predicted molar refractivity (Wildman–Crippen MR) is 134 cm³/mol. The lowest BCUT2D eigenvalue weighted by molar-refractivity contribution is -0.145. The van der Waals surface area contributed by atoms with Gasteiger partial charge in [-0.1, -0.05) is 36.4 Å². The minimum absolute atomic E-state index is 0.195. The lowest BCUT2D eigenvalue weighted by Crippen LogP contribution is -2.41. The molecule has 1 unspecified atom stereocenters. The van der Waals surface area contributed by atoms with Gasteiger partial charge in [0.25, 0.3) is 0 Å². The van der Waals surface area contributed by atoms with Crippen LogP contribution in [0.1, 0.15) is 51.8 Å². The lowest BCUT2D eigenvalue weighted by Gasteiger charge is -2.32. The molecule has 2 heterocycles. The fraction of sp³-hybridized carbons (Fsp3) is 0.538. The molecule has 8 nitrogen and oxygen atoms in total. The fourth-order valence-corrected chi connectivity index (χ4v) is 3.43. The smallest absolute Gasteiger partial charge is 0.461 e. The van der Waals surface area contributed by atoms with Gasteiger partial charge >= 0.3 is 13.1 Å². The zero-order valence-electron chi connectivity index (χ0n) is 21.2. The molecule has 1 fully saturated rings. The second kappa shape index (κ2) is 12.6. The highest BCUT2D eigenvalue weighted by Gasteiger charge is 2.51. The van der Waals surface area contributed by atoms with Crippen LogP contribution in [-0.2, 0) is 36.7 Å². The Bertz CT molecular complexity index is 907. The standard InChI is InChI=1S/C26H37BN2O6/c1-25(2)26(3,4)35-27(34-25)21-12-13-22(29-15-21)16-28-17-23(30)19-32-14-8-11-24(31)33-18-20-9-6-5-7-10-20/h5-7,9-10,12-13,15,23,28,30H,8,11,14,16-19H2,1-4H3. The van der Waals surface area contributed by atoms with Crippen molar-refractivity contribution in [3.8, 4) is 0 Å². The van der Waals surface area contributed by atoms with Gasteiger partial charge in [0.05, 0.1) is 29.6 Å². The maximum Gasteiger partial charge on any atom is 0.496 e. The van der Waals surface area contributed by atoms with Crippen molar-refractivity contribution in [2.75, 3.05) is 19.8 Å². The number of nitrogens with zero attached hydrogens (tertiary/aromatic N) is 1. The van der Waals surface area contributed by atoms with E-state index in [4.69, 9.17) is 18.8 Å². The maximum absolute atomic E-state index is 11.8.